The van der Waals surface area contributed by atoms with E-state index in [-0.39, 0.29) is 25.4 Å². The van der Waals surface area contributed by atoms with E-state index >= 15 is 0 Å². The fourth-order valence-corrected chi connectivity index (χ4v) is 4.00. The van der Waals surface area contributed by atoms with E-state index < -0.39 is 40.5 Å². The minimum absolute atomic E-state index is 0.00953. The Hall–Kier alpha value is -1.68. The maximum atomic E-state index is 12.4. The zero-order valence-electron chi connectivity index (χ0n) is 13.2. The lowest BCUT2D eigenvalue weighted by atomic mass is 10.2. The van der Waals surface area contributed by atoms with Crippen LogP contribution in [-0.2, 0) is 29.1 Å². The molecule has 1 fully saturated rings. The van der Waals surface area contributed by atoms with Crippen LogP contribution < -0.4 is 0 Å². The second-order valence-corrected chi connectivity index (χ2v) is 7.13. The second kappa shape index (κ2) is 8.25. The number of unbranched alkanes of at least 4 members (excludes halogenated alkanes) is 1. The molecule has 1 aliphatic rings. The van der Waals surface area contributed by atoms with Crippen LogP contribution in [0.15, 0.2) is 0 Å². The number of carboxylic acid groups (broad SMARTS) is 1. The third-order valence-electron chi connectivity index (χ3n) is 3.37. The number of rotatable bonds is 8. The van der Waals surface area contributed by atoms with E-state index in [4.69, 9.17) is 9.84 Å². The first kappa shape index (κ1) is 19.4. The van der Waals surface area contributed by atoms with Gasteiger partial charge in [-0.15, -0.1) is 0 Å². The van der Waals surface area contributed by atoms with Gasteiger partial charge in [0, 0.05) is 13.1 Å². The highest BCUT2D eigenvalue weighted by Gasteiger charge is 2.46. The summed E-state index contributed by atoms with van der Waals surface area (Å²) in [6, 6.07) is -1.65. The van der Waals surface area contributed by atoms with Crippen molar-refractivity contribution < 1.29 is 32.6 Å². The smallest absolute Gasteiger partial charge is 0.334 e. The third kappa shape index (κ3) is 4.90. The molecule has 1 amide bonds. The molecule has 23 heavy (non-hydrogen) atoms. The summed E-state index contributed by atoms with van der Waals surface area (Å²) >= 11 is 0. The number of nitrogens with zero attached hydrogens (tertiary/aromatic N) is 2. The highest BCUT2D eigenvalue weighted by atomic mass is 32.2. The molecule has 0 aromatic rings. The summed E-state index contributed by atoms with van der Waals surface area (Å²) in [4.78, 5) is 36.2. The minimum Gasteiger partial charge on any atom is -0.480 e. The van der Waals surface area contributed by atoms with Crippen molar-refractivity contribution in [1.29, 1.82) is 0 Å². The fourth-order valence-electron chi connectivity index (χ4n) is 2.26. The summed E-state index contributed by atoms with van der Waals surface area (Å²) in [7, 11) is -3.81. The van der Waals surface area contributed by atoms with Gasteiger partial charge < -0.3 is 14.7 Å². The van der Waals surface area contributed by atoms with Crippen LogP contribution in [0.2, 0.25) is 0 Å². The number of ether oxygens (including phenoxy) is 1. The first-order chi connectivity index (χ1) is 10.7. The van der Waals surface area contributed by atoms with Gasteiger partial charge in [-0.05, 0) is 13.3 Å². The topological polar surface area (TPSA) is 121 Å². The van der Waals surface area contributed by atoms with Crippen molar-refractivity contribution in [3.8, 4) is 0 Å². The molecule has 10 heteroatoms. The molecule has 1 saturated heterocycles. The van der Waals surface area contributed by atoms with Crippen LogP contribution >= 0.6 is 0 Å². The normalized spacial score (nSPS) is 19.7. The lowest BCUT2D eigenvalue weighted by molar-refractivity contribution is -0.160. The Bertz CT molecular complexity index is 561. The largest absolute Gasteiger partial charge is 0.480 e. The molecule has 1 rings (SSSR count). The van der Waals surface area contributed by atoms with Gasteiger partial charge in [0.1, 0.15) is 6.54 Å². The summed E-state index contributed by atoms with van der Waals surface area (Å²) < 4.78 is 30.4. The SMILES string of the molecule is CCCCS(=O)(=O)N1CCN(CC(=O)O)C(=O)C1C(=O)OCC. The molecule has 0 aromatic carbocycles. The van der Waals surface area contributed by atoms with Crippen LogP contribution in [0.5, 0.6) is 0 Å². The number of amides is 1. The molecule has 0 bridgehead atoms. The molecule has 0 aromatic heterocycles. The van der Waals surface area contributed by atoms with Gasteiger partial charge in [-0.3, -0.25) is 9.59 Å². The quantitative estimate of drug-likeness (QED) is 0.453. The standard InChI is InChI=1S/C13H22N2O7S/c1-3-5-8-23(20,21)15-7-6-14(9-10(16)17)12(18)11(15)13(19)22-4-2/h11H,3-9H2,1-2H3,(H,16,17). The van der Waals surface area contributed by atoms with Gasteiger partial charge in [0.2, 0.25) is 16.1 Å². The summed E-state index contributed by atoms with van der Waals surface area (Å²) in [5.74, 6) is -3.25. The predicted octanol–water partition coefficient (Wildman–Crippen LogP) is -0.723. The molecule has 1 heterocycles. The Labute approximate surface area is 135 Å². The van der Waals surface area contributed by atoms with Crippen molar-refractivity contribution in [2.75, 3.05) is 32.0 Å². The van der Waals surface area contributed by atoms with E-state index in [1.807, 2.05) is 6.92 Å². The van der Waals surface area contributed by atoms with Crippen LogP contribution in [0.4, 0.5) is 0 Å². The molecule has 1 aliphatic heterocycles. The molecule has 0 spiro atoms. The van der Waals surface area contributed by atoms with Gasteiger partial charge in [0.05, 0.1) is 12.4 Å². The van der Waals surface area contributed by atoms with Crippen molar-refractivity contribution in [3.63, 3.8) is 0 Å². The Morgan fingerprint density at radius 1 is 1.30 bits per heavy atom. The Morgan fingerprint density at radius 2 is 1.96 bits per heavy atom. The molecular formula is C13H22N2O7S. The number of esters is 1. The van der Waals surface area contributed by atoms with Crippen LogP contribution in [0, 0.1) is 0 Å². The van der Waals surface area contributed by atoms with Crippen LogP contribution in [0.3, 0.4) is 0 Å². The minimum atomic E-state index is -3.81. The summed E-state index contributed by atoms with van der Waals surface area (Å²) in [5.41, 5.74) is 0. The van der Waals surface area contributed by atoms with E-state index in [9.17, 15) is 22.8 Å². The molecule has 0 saturated carbocycles. The molecule has 9 nitrogen and oxygen atoms in total. The zero-order chi connectivity index (χ0) is 17.6. The Morgan fingerprint density at radius 3 is 2.48 bits per heavy atom. The van der Waals surface area contributed by atoms with Gasteiger partial charge in [-0.25, -0.2) is 13.2 Å². The maximum absolute atomic E-state index is 12.4. The predicted molar refractivity (Wildman–Crippen MR) is 80.0 cm³/mol. The van der Waals surface area contributed by atoms with Gasteiger partial charge in [-0.1, -0.05) is 13.3 Å². The van der Waals surface area contributed by atoms with E-state index in [0.717, 1.165) is 9.21 Å². The summed E-state index contributed by atoms with van der Waals surface area (Å²) in [6.07, 6.45) is 1.05. The molecular weight excluding hydrogens is 328 g/mol. The number of hydrogen-bond acceptors (Lipinski definition) is 6. The number of hydrogen-bond donors (Lipinski definition) is 1. The first-order valence-corrected chi connectivity index (χ1v) is 9.02. The average Bonchev–Trinajstić information content (AvgIpc) is 2.46. The summed E-state index contributed by atoms with van der Waals surface area (Å²) in [5, 5.41) is 8.81. The average molecular weight is 350 g/mol. The number of carbonyl (C=O) groups excluding carboxylic acids is 2. The number of carboxylic acids is 1. The van der Waals surface area contributed by atoms with E-state index in [2.05, 4.69) is 0 Å². The number of aliphatic carboxylic acids is 1. The molecule has 1 N–H and O–H groups in total. The van der Waals surface area contributed by atoms with Gasteiger partial charge in [-0.2, -0.15) is 4.31 Å². The highest BCUT2D eigenvalue weighted by molar-refractivity contribution is 7.89. The first-order valence-electron chi connectivity index (χ1n) is 7.41. The highest BCUT2D eigenvalue weighted by Crippen LogP contribution is 2.18. The van der Waals surface area contributed by atoms with E-state index in [1.165, 1.54) is 6.92 Å². The van der Waals surface area contributed by atoms with E-state index in [1.54, 1.807) is 0 Å². The van der Waals surface area contributed by atoms with Crippen LogP contribution in [0.25, 0.3) is 0 Å². The third-order valence-corrected chi connectivity index (χ3v) is 5.29. The van der Waals surface area contributed by atoms with E-state index in [0.29, 0.717) is 12.8 Å². The van der Waals surface area contributed by atoms with Crippen molar-refractivity contribution in [3.05, 3.63) is 0 Å². The van der Waals surface area contributed by atoms with Crippen molar-refractivity contribution >= 4 is 27.9 Å². The number of carbonyl (C=O) groups is 3. The maximum Gasteiger partial charge on any atom is 0.334 e. The molecule has 1 unspecified atom stereocenters. The summed E-state index contributed by atoms with van der Waals surface area (Å²) in [6.45, 7) is 2.56. The van der Waals surface area contributed by atoms with Crippen LogP contribution in [0.1, 0.15) is 26.7 Å². The van der Waals surface area contributed by atoms with Crippen LogP contribution in [-0.4, -0.2) is 78.6 Å². The number of piperazine rings is 1. The Kier molecular flexibility index (Phi) is 6.95. The molecule has 0 radical (unpaired) electrons. The number of sulfonamides is 1. The monoisotopic (exact) mass is 350 g/mol. The van der Waals surface area contributed by atoms with Crippen molar-refractivity contribution in [2.45, 2.75) is 32.7 Å². The fraction of sp³-hybridized carbons (Fsp3) is 0.769. The zero-order valence-corrected chi connectivity index (χ0v) is 14.0. The van der Waals surface area contributed by atoms with Crippen molar-refractivity contribution in [2.24, 2.45) is 0 Å². The molecule has 1 atom stereocenters. The Balaban J connectivity index is 3.08. The second-order valence-electron chi connectivity index (χ2n) is 5.09. The lowest BCUT2D eigenvalue weighted by Gasteiger charge is -2.37. The van der Waals surface area contributed by atoms with Gasteiger partial charge in [0.25, 0.3) is 5.91 Å². The van der Waals surface area contributed by atoms with Gasteiger partial charge >= 0.3 is 11.9 Å². The molecule has 132 valence electrons. The molecule has 0 aliphatic carbocycles. The van der Waals surface area contributed by atoms with Gasteiger partial charge in [0.15, 0.2) is 0 Å². The van der Waals surface area contributed by atoms with Crippen molar-refractivity contribution in [1.82, 2.24) is 9.21 Å². The lowest BCUT2D eigenvalue weighted by Crippen LogP contribution is -2.62.